The van der Waals surface area contributed by atoms with Gasteiger partial charge in [-0.15, -0.1) is 10.2 Å². The second-order valence-corrected chi connectivity index (χ2v) is 5.42. The fourth-order valence-corrected chi connectivity index (χ4v) is 2.76. The van der Waals surface area contributed by atoms with E-state index in [-0.39, 0.29) is 0 Å². The Morgan fingerprint density at radius 2 is 2.21 bits per heavy atom. The van der Waals surface area contributed by atoms with Crippen molar-refractivity contribution in [3.8, 4) is 0 Å². The van der Waals surface area contributed by atoms with Crippen molar-refractivity contribution in [3.05, 3.63) is 5.01 Å². The van der Waals surface area contributed by atoms with Crippen molar-refractivity contribution in [2.45, 2.75) is 45.6 Å². The van der Waals surface area contributed by atoms with Gasteiger partial charge in [-0.3, -0.25) is 0 Å². The highest BCUT2D eigenvalue weighted by Crippen LogP contribution is 2.26. The number of anilines is 1. The predicted octanol–water partition coefficient (Wildman–Crippen LogP) is 2.84. The first kappa shape index (κ1) is 9.90. The van der Waals surface area contributed by atoms with Crippen LogP contribution in [-0.4, -0.2) is 16.2 Å². The van der Waals surface area contributed by atoms with Crippen molar-refractivity contribution >= 4 is 16.5 Å². The molecule has 1 aromatic heterocycles. The molecule has 1 aromatic rings. The summed E-state index contributed by atoms with van der Waals surface area (Å²) in [6, 6.07) is 0.617. The third kappa shape index (κ3) is 2.44. The molecule has 1 heterocycles. The average Bonchev–Trinajstić information content (AvgIpc) is 2.51. The molecule has 0 aromatic carbocycles. The van der Waals surface area contributed by atoms with E-state index in [1.807, 2.05) is 6.92 Å². The summed E-state index contributed by atoms with van der Waals surface area (Å²) in [4.78, 5) is 0. The maximum atomic E-state index is 4.09. The molecule has 78 valence electrons. The van der Waals surface area contributed by atoms with Gasteiger partial charge in [-0.2, -0.15) is 0 Å². The Morgan fingerprint density at radius 3 is 2.86 bits per heavy atom. The summed E-state index contributed by atoms with van der Waals surface area (Å²) in [5.41, 5.74) is 0. The van der Waals surface area contributed by atoms with Crippen LogP contribution in [0.3, 0.4) is 0 Å². The Morgan fingerprint density at radius 1 is 1.36 bits per heavy atom. The molecule has 2 unspecified atom stereocenters. The van der Waals surface area contributed by atoms with E-state index >= 15 is 0 Å². The molecular weight excluding hydrogens is 194 g/mol. The lowest BCUT2D eigenvalue weighted by atomic mass is 9.87. The summed E-state index contributed by atoms with van der Waals surface area (Å²) >= 11 is 1.65. The summed E-state index contributed by atoms with van der Waals surface area (Å²) in [5, 5.41) is 13.6. The van der Waals surface area contributed by atoms with Crippen LogP contribution < -0.4 is 5.32 Å². The minimum Gasteiger partial charge on any atom is -0.357 e. The summed E-state index contributed by atoms with van der Waals surface area (Å²) < 4.78 is 0. The summed E-state index contributed by atoms with van der Waals surface area (Å²) in [6.07, 6.45) is 5.28. The molecule has 1 N–H and O–H groups in total. The summed E-state index contributed by atoms with van der Waals surface area (Å²) in [7, 11) is 0. The van der Waals surface area contributed by atoms with Gasteiger partial charge < -0.3 is 5.32 Å². The van der Waals surface area contributed by atoms with E-state index in [4.69, 9.17) is 0 Å². The minimum atomic E-state index is 0.617. The number of rotatable bonds is 2. The van der Waals surface area contributed by atoms with Crippen LogP contribution in [0.25, 0.3) is 0 Å². The number of hydrogen-bond donors (Lipinski definition) is 1. The Balaban J connectivity index is 1.90. The van der Waals surface area contributed by atoms with Crippen LogP contribution in [0.5, 0.6) is 0 Å². The predicted molar refractivity (Wildman–Crippen MR) is 59.7 cm³/mol. The Bertz CT molecular complexity index is 297. The van der Waals surface area contributed by atoms with Gasteiger partial charge in [-0.05, 0) is 25.7 Å². The van der Waals surface area contributed by atoms with E-state index in [9.17, 15) is 0 Å². The van der Waals surface area contributed by atoms with Crippen molar-refractivity contribution in [3.63, 3.8) is 0 Å². The number of hydrogen-bond acceptors (Lipinski definition) is 4. The maximum Gasteiger partial charge on any atom is 0.205 e. The number of aromatic nitrogens is 2. The van der Waals surface area contributed by atoms with E-state index in [1.165, 1.54) is 25.7 Å². The molecule has 3 nitrogen and oxygen atoms in total. The van der Waals surface area contributed by atoms with Gasteiger partial charge >= 0.3 is 0 Å². The topological polar surface area (TPSA) is 37.8 Å². The van der Waals surface area contributed by atoms with Crippen LogP contribution in [0, 0.1) is 12.8 Å². The van der Waals surface area contributed by atoms with Gasteiger partial charge in [-0.25, -0.2) is 0 Å². The number of nitrogens with one attached hydrogen (secondary N) is 1. The van der Waals surface area contributed by atoms with Crippen LogP contribution >= 0.6 is 11.3 Å². The van der Waals surface area contributed by atoms with Crippen LogP contribution in [0.1, 0.15) is 37.6 Å². The van der Waals surface area contributed by atoms with Crippen molar-refractivity contribution in [2.24, 2.45) is 5.92 Å². The molecule has 0 bridgehead atoms. The van der Waals surface area contributed by atoms with Crippen molar-refractivity contribution in [1.29, 1.82) is 0 Å². The van der Waals surface area contributed by atoms with E-state index in [2.05, 4.69) is 22.4 Å². The van der Waals surface area contributed by atoms with Crippen LogP contribution in [0.4, 0.5) is 5.13 Å². The zero-order valence-corrected chi connectivity index (χ0v) is 9.60. The van der Waals surface area contributed by atoms with E-state index in [0.29, 0.717) is 6.04 Å². The van der Waals surface area contributed by atoms with Gasteiger partial charge in [0.15, 0.2) is 0 Å². The fourth-order valence-electron chi connectivity index (χ4n) is 2.09. The molecule has 2 atom stereocenters. The zero-order valence-electron chi connectivity index (χ0n) is 8.79. The van der Waals surface area contributed by atoms with Crippen LogP contribution in [0.2, 0.25) is 0 Å². The molecule has 0 spiro atoms. The second kappa shape index (κ2) is 4.26. The Labute approximate surface area is 88.9 Å². The number of aryl methyl sites for hydroxylation is 1. The zero-order chi connectivity index (χ0) is 9.97. The molecule has 1 aliphatic rings. The minimum absolute atomic E-state index is 0.617. The smallest absolute Gasteiger partial charge is 0.205 e. The highest BCUT2D eigenvalue weighted by Gasteiger charge is 2.19. The van der Waals surface area contributed by atoms with Gasteiger partial charge in [-0.1, -0.05) is 31.1 Å². The van der Waals surface area contributed by atoms with Crippen LogP contribution in [-0.2, 0) is 0 Å². The lowest BCUT2D eigenvalue weighted by Crippen LogP contribution is -2.26. The van der Waals surface area contributed by atoms with Gasteiger partial charge in [0.25, 0.3) is 0 Å². The lowest BCUT2D eigenvalue weighted by molar-refractivity contribution is 0.358. The molecule has 0 radical (unpaired) electrons. The normalized spacial score (nSPS) is 27.6. The highest BCUT2D eigenvalue weighted by atomic mass is 32.1. The quantitative estimate of drug-likeness (QED) is 0.817. The Kier molecular flexibility index (Phi) is 3.01. The maximum absolute atomic E-state index is 4.09. The molecule has 0 aliphatic heterocycles. The lowest BCUT2D eigenvalue weighted by Gasteiger charge is -2.26. The molecule has 2 rings (SSSR count). The van der Waals surface area contributed by atoms with Crippen molar-refractivity contribution < 1.29 is 0 Å². The first-order chi connectivity index (χ1) is 6.74. The largest absolute Gasteiger partial charge is 0.357 e. The van der Waals surface area contributed by atoms with Gasteiger partial charge in [0.05, 0.1) is 0 Å². The van der Waals surface area contributed by atoms with Crippen molar-refractivity contribution in [1.82, 2.24) is 10.2 Å². The van der Waals surface area contributed by atoms with Crippen molar-refractivity contribution in [2.75, 3.05) is 5.32 Å². The molecule has 0 saturated heterocycles. The third-order valence-electron chi connectivity index (χ3n) is 2.79. The van der Waals surface area contributed by atoms with Gasteiger partial charge in [0.1, 0.15) is 5.01 Å². The Hall–Kier alpha value is -0.640. The summed E-state index contributed by atoms with van der Waals surface area (Å²) in [5.74, 6) is 0.857. The molecule has 14 heavy (non-hydrogen) atoms. The highest BCUT2D eigenvalue weighted by molar-refractivity contribution is 7.15. The first-order valence-corrected chi connectivity index (χ1v) is 6.12. The molecule has 1 saturated carbocycles. The molecule has 0 amide bonds. The molecule has 1 fully saturated rings. The monoisotopic (exact) mass is 211 g/mol. The average molecular weight is 211 g/mol. The third-order valence-corrected chi connectivity index (χ3v) is 3.56. The number of nitrogens with zero attached hydrogens (tertiary/aromatic N) is 2. The SMILES string of the molecule is Cc1nnc(NC2CCCC(C)C2)s1. The fraction of sp³-hybridized carbons (Fsp3) is 0.800. The van der Waals surface area contributed by atoms with E-state index in [0.717, 1.165) is 16.1 Å². The van der Waals surface area contributed by atoms with Crippen LogP contribution in [0.15, 0.2) is 0 Å². The standard InChI is InChI=1S/C10H17N3S/c1-7-4-3-5-9(6-7)11-10-13-12-8(2)14-10/h7,9H,3-6H2,1-2H3,(H,11,13). The molecule has 1 aliphatic carbocycles. The molecular formula is C10H17N3S. The van der Waals surface area contributed by atoms with Gasteiger partial charge in [0.2, 0.25) is 5.13 Å². The van der Waals surface area contributed by atoms with E-state index < -0.39 is 0 Å². The summed E-state index contributed by atoms with van der Waals surface area (Å²) in [6.45, 7) is 4.32. The second-order valence-electron chi connectivity index (χ2n) is 4.24. The van der Waals surface area contributed by atoms with Gasteiger partial charge in [0, 0.05) is 6.04 Å². The first-order valence-electron chi connectivity index (χ1n) is 5.30. The molecule has 4 heteroatoms. The van der Waals surface area contributed by atoms with E-state index in [1.54, 1.807) is 11.3 Å².